The minimum Gasteiger partial charge on any atom is -0.493 e. The smallest absolute Gasteiger partial charge is 0.350 e. The Morgan fingerprint density at radius 1 is 1.36 bits per heavy atom. The molecule has 1 aromatic heterocycles. The molecule has 2 aromatic rings. The van der Waals surface area contributed by atoms with E-state index in [-0.39, 0.29) is 5.97 Å². The van der Waals surface area contributed by atoms with Gasteiger partial charge in [-0.3, -0.25) is 5.43 Å². The largest absolute Gasteiger partial charge is 0.493 e. The van der Waals surface area contributed by atoms with E-state index >= 15 is 0 Å². The molecule has 0 saturated carbocycles. The lowest BCUT2D eigenvalue weighted by molar-refractivity contribution is 0.0531. The van der Waals surface area contributed by atoms with Crippen LogP contribution in [0.25, 0.3) is 0 Å². The molecule has 6 nitrogen and oxygen atoms in total. The van der Waals surface area contributed by atoms with Crippen molar-refractivity contribution in [3.63, 3.8) is 0 Å². The second-order valence-electron chi connectivity index (χ2n) is 5.26. The molecule has 0 radical (unpaired) electrons. The molecule has 25 heavy (non-hydrogen) atoms. The Morgan fingerprint density at radius 3 is 2.92 bits per heavy atom. The fourth-order valence-electron chi connectivity index (χ4n) is 2.03. The quantitative estimate of drug-likeness (QED) is 0.313. The van der Waals surface area contributed by atoms with Gasteiger partial charge >= 0.3 is 5.97 Å². The summed E-state index contributed by atoms with van der Waals surface area (Å²) >= 11 is 1.22. The number of anilines is 1. The summed E-state index contributed by atoms with van der Waals surface area (Å²) in [6, 6.07) is 7.72. The second kappa shape index (κ2) is 9.78. The minimum atomic E-state index is -0.357. The highest BCUT2D eigenvalue weighted by Gasteiger charge is 2.15. The molecule has 0 aliphatic heterocycles. The third kappa shape index (κ3) is 5.56. The summed E-state index contributed by atoms with van der Waals surface area (Å²) in [5.41, 5.74) is 4.37. The number of thiazole rings is 1. The van der Waals surface area contributed by atoms with E-state index < -0.39 is 0 Å². The van der Waals surface area contributed by atoms with E-state index in [2.05, 4.69) is 22.4 Å². The molecule has 0 bridgehead atoms. The lowest BCUT2D eigenvalue weighted by atomic mass is 10.2. The lowest BCUT2D eigenvalue weighted by Crippen LogP contribution is -2.03. The van der Waals surface area contributed by atoms with Gasteiger partial charge in [0, 0.05) is 5.56 Å². The zero-order valence-electron chi connectivity index (χ0n) is 14.7. The van der Waals surface area contributed by atoms with Crippen LogP contribution < -0.4 is 10.2 Å². The first-order valence-electron chi connectivity index (χ1n) is 8.31. The fourth-order valence-corrected chi connectivity index (χ4v) is 2.84. The molecule has 2 rings (SSSR count). The van der Waals surface area contributed by atoms with Crippen LogP contribution in [0.15, 0.2) is 29.4 Å². The number of aromatic nitrogens is 1. The van der Waals surface area contributed by atoms with Gasteiger partial charge in [-0.2, -0.15) is 5.10 Å². The van der Waals surface area contributed by atoms with E-state index in [0.717, 1.165) is 24.2 Å². The third-order valence-corrected chi connectivity index (χ3v) is 4.34. The summed E-state index contributed by atoms with van der Waals surface area (Å²) in [5, 5.41) is 4.74. The summed E-state index contributed by atoms with van der Waals surface area (Å²) in [5.74, 6) is 0.438. The van der Waals surface area contributed by atoms with E-state index in [0.29, 0.717) is 28.9 Å². The van der Waals surface area contributed by atoms with Crippen LogP contribution in [-0.2, 0) is 4.74 Å². The van der Waals surface area contributed by atoms with Crippen LogP contribution in [0.1, 0.15) is 47.6 Å². The van der Waals surface area contributed by atoms with Gasteiger partial charge < -0.3 is 9.47 Å². The molecule has 1 heterocycles. The number of nitrogens with zero attached hydrogens (tertiary/aromatic N) is 2. The van der Waals surface area contributed by atoms with Gasteiger partial charge in [0.1, 0.15) is 10.6 Å². The van der Waals surface area contributed by atoms with E-state index in [1.54, 1.807) is 20.1 Å². The van der Waals surface area contributed by atoms with Crippen molar-refractivity contribution < 1.29 is 14.3 Å². The molecule has 134 valence electrons. The Kier molecular flexibility index (Phi) is 7.40. The summed E-state index contributed by atoms with van der Waals surface area (Å²) < 4.78 is 10.8. The zero-order valence-corrected chi connectivity index (χ0v) is 15.6. The Balaban J connectivity index is 2.02. The number of carbonyl (C=O) groups is 1. The van der Waals surface area contributed by atoms with Gasteiger partial charge in [-0.05, 0) is 32.4 Å². The van der Waals surface area contributed by atoms with Crippen molar-refractivity contribution in [1.29, 1.82) is 0 Å². The Morgan fingerprint density at radius 2 is 2.16 bits per heavy atom. The average molecular weight is 361 g/mol. The number of carbonyl (C=O) groups excluding carboxylic acids is 1. The van der Waals surface area contributed by atoms with Crippen LogP contribution >= 0.6 is 11.3 Å². The van der Waals surface area contributed by atoms with Gasteiger partial charge in [-0.25, -0.2) is 9.78 Å². The number of para-hydroxylation sites is 1. The fraction of sp³-hybridized carbons (Fsp3) is 0.389. The predicted octanol–water partition coefficient (Wildman–Crippen LogP) is 4.25. The van der Waals surface area contributed by atoms with Gasteiger partial charge in [-0.1, -0.05) is 36.8 Å². The number of nitrogens with one attached hydrogen (secondary N) is 1. The molecule has 0 fully saturated rings. The first-order valence-corrected chi connectivity index (χ1v) is 9.12. The maximum atomic E-state index is 11.8. The average Bonchev–Trinajstić information content (AvgIpc) is 2.97. The molecule has 0 aliphatic carbocycles. The van der Waals surface area contributed by atoms with Crippen molar-refractivity contribution in [2.24, 2.45) is 5.10 Å². The molecular weight excluding hydrogens is 338 g/mol. The minimum absolute atomic E-state index is 0.339. The van der Waals surface area contributed by atoms with Crippen molar-refractivity contribution in [2.75, 3.05) is 18.6 Å². The molecule has 1 N–H and O–H groups in total. The molecule has 1 aromatic carbocycles. The van der Waals surface area contributed by atoms with Crippen molar-refractivity contribution in [1.82, 2.24) is 4.98 Å². The van der Waals surface area contributed by atoms with Gasteiger partial charge in [0.25, 0.3) is 0 Å². The lowest BCUT2D eigenvalue weighted by Gasteiger charge is -2.07. The van der Waals surface area contributed by atoms with Crippen LogP contribution in [0.5, 0.6) is 5.75 Å². The summed E-state index contributed by atoms with van der Waals surface area (Å²) in [4.78, 5) is 16.6. The predicted molar refractivity (Wildman–Crippen MR) is 101 cm³/mol. The maximum Gasteiger partial charge on any atom is 0.350 e. The zero-order chi connectivity index (χ0) is 18.1. The Labute approximate surface area is 151 Å². The number of hydrogen-bond donors (Lipinski definition) is 1. The highest BCUT2D eigenvalue weighted by Crippen LogP contribution is 2.23. The van der Waals surface area contributed by atoms with E-state index in [1.165, 1.54) is 11.3 Å². The van der Waals surface area contributed by atoms with Crippen LogP contribution in [0.2, 0.25) is 0 Å². The van der Waals surface area contributed by atoms with E-state index in [4.69, 9.17) is 9.47 Å². The number of unbranched alkanes of at least 4 members (excludes halogenated alkanes) is 1. The van der Waals surface area contributed by atoms with Crippen LogP contribution in [0.4, 0.5) is 5.13 Å². The van der Waals surface area contributed by atoms with Crippen molar-refractivity contribution in [3.8, 4) is 5.75 Å². The molecule has 0 aliphatic rings. The Hall–Kier alpha value is -2.41. The van der Waals surface area contributed by atoms with Gasteiger partial charge in [0.2, 0.25) is 5.13 Å². The van der Waals surface area contributed by atoms with E-state index in [1.807, 2.05) is 24.3 Å². The van der Waals surface area contributed by atoms with Gasteiger partial charge in [0.15, 0.2) is 0 Å². The number of benzene rings is 1. The monoisotopic (exact) mass is 361 g/mol. The van der Waals surface area contributed by atoms with E-state index in [9.17, 15) is 4.79 Å². The topological polar surface area (TPSA) is 72.8 Å². The summed E-state index contributed by atoms with van der Waals surface area (Å²) in [7, 11) is 0. The van der Waals surface area contributed by atoms with Gasteiger partial charge in [0.05, 0.1) is 25.1 Å². The number of hydrazone groups is 1. The number of ether oxygens (including phenoxy) is 2. The van der Waals surface area contributed by atoms with Crippen molar-refractivity contribution >= 4 is 28.7 Å². The normalized spacial score (nSPS) is 10.8. The SMILES string of the molecule is CCCCOc1ccccc1/C=N\Nc1nc(C)c(C(=O)OCC)s1. The molecule has 0 amide bonds. The summed E-state index contributed by atoms with van der Waals surface area (Å²) in [6.07, 6.45) is 3.78. The van der Waals surface area contributed by atoms with Crippen molar-refractivity contribution in [3.05, 3.63) is 40.4 Å². The maximum absolute atomic E-state index is 11.8. The molecule has 0 atom stereocenters. The van der Waals surface area contributed by atoms with Gasteiger partial charge in [-0.15, -0.1) is 0 Å². The first-order chi connectivity index (χ1) is 12.2. The number of rotatable bonds is 9. The van der Waals surface area contributed by atoms with Crippen LogP contribution in [0.3, 0.4) is 0 Å². The number of hydrogen-bond acceptors (Lipinski definition) is 7. The molecule has 0 spiro atoms. The molecule has 7 heteroatoms. The Bertz CT molecular complexity index is 728. The molecular formula is C18H23N3O3S. The molecule has 0 saturated heterocycles. The summed E-state index contributed by atoms with van der Waals surface area (Å²) in [6.45, 7) is 6.70. The van der Waals surface area contributed by atoms with Crippen LogP contribution in [-0.4, -0.2) is 30.4 Å². The highest BCUT2D eigenvalue weighted by molar-refractivity contribution is 7.17. The van der Waals surface area contributed by atoms with Crippen molar-refractivity contribution in [2.45, 2.75) is 33.6 Å². The number of esters is 1. The number of aryl methyl sites for hydroxylation is 1. The third-order valence-electron chi connectivity index (χ3n) is 3.30. The standard InChI is InChI=1S/C18H23N3O3S/c1-4-6-11-24-15-10-8-7-9-14(15)12-19-21-18-20-13(3)16(25-18)17(22)23-5-2/h7-10,12H,4-6,11H2,1-3H3,(H,20,21)/b19-12-. The van der Waals surface area contributed by atoms with Crippen LogP contribution in [0, 0.1) is 6.92 Å². The second-order valence-corrected chi connectivity index (χ2v) is 6.26. The highest BCUT2D eigenvalue weighted by atomic mass is 32.1. The first kappa shape index (κ1) is 18.9. The molecule has 0 unspecified atom stereocenters.